The minimum atomic E-state index is 0.383. The topological polar surface area (TPSA) is 30.5 Å². The van der Waals surface area contributed by atoms with Crippen molar-refractivity contribution >= 4 is 11.6 Å². The van der Waals surface area contributed by atoms with Gasteiger partial charge in [0, 0.05) is 16.7 Å². The van der Waals surface area contributed by atoms with Gasteiger partial charge >= 0.3 is 0 Å². The van der Waals surface area contributed by atoms with E-state index in [0.717, 1.165) is 42.5 Å². The zero-order valence-corrected chi connectivity index (χ0v) is 12.9. The molecule has 2 aliphatic rings. The fourth-order valence-electron chi connectivity index (χ4n) is 3.29. The number of fused-ring (bicyclic) bond motifs is 1. The average Bonchev–Trinajstić information content (AvgIpc) is 2.46. The van der Waals surface area contributed by atoms with E-state index in [-0.39, 0.29) is 0 Å². The van der Waals surface area contributed by atoms with Gasteiger partial charge in [-0.05, 0) is 43.3 Å². The zero-order valence-electron chi connectivity index (χ0n) is 12.2. The number of ether oxygens (including phenoxy) is 2. The molecule has 20 heavy (non-hydrogen) atoms. The molecule has 4 heteroatoms. The molecule has 0 spiro atoms. The lowest BCUT2D eigenvalue weighted by Crippen LogP contribution is -2.28. The first-order valence-electron chi connectivity index (χ1n) is 7.51. The van der Waals surface area contributed by atoms with Crippen LogP contribution in [-0.2, 0) is 0 Å². The minimum absolute atomic E-state index is 0.383. The van der Waals surface area contributed by atoms with Crippen LogP contribution in [0.3, 0.4) is 0 Å². The van der Waals surface area contributed by atoms with Crippen LogP contribution in [0.5, 0.6) is 11.5 Å². The van der Waals surface area contributed by atoms with E-state index in [1.165, 1.54) is 11.1 Å². The van der Waals surface area contributed by atoms with Crippen molar-refractivity contribution in [2.24, 2.45) is 0 Å². The fourth-order valence-corrected chi connectivity index (χ4v) is 3.65. The molecule has 1 N–H and O–H groups in total. The molecule has 1 saturated heterocycles. The summed E-state index contributed by atoms with van der Waals surface area (Å²) in [5.41, 5.74) is 2.53. The zero-order chi connectivity index (χ0) is 14.1. The Balaban J connectivity index is 2.11. The van der Waals surface area contributed by atoms with Crippen LogP contribution in [0.4, 0.5) is 0 Å². The molecule has 110 valence electrons. The van der Waals surface area contributed by atoms with Crippen molar-refractivity contribution in [3.8, 4) is 11.5 Å². The van der Waals surface area contributed by atoms with Gasteiger partial charge in [-0.15, -0.1) is 0 Å². The van der Waals surface area contributed by atoms with Crippen molar-refractivity contribution < 1.29 is 9.47 Å². The summed E-state index contributed by atoms with van der Waals surface area (Å²) in [6.07, 6.45) is 2.28. The predicted octanol–water partition coefficient (Wildman–Crippen LogP) is 3.70. The van der Waals surface area contributed by atoms with Crippen LogP contribution in [0.25, 0.3) is 0 Å². The standard InChI is InChI=1S/C16H22ClNO2/c1-10(2)14-15(11-3-5-18-6-4-11)12(17)9-13-16(14)20-8-7-19-13/h9-11,18H,3-8H2,1-2H3. The van der Waals surface area contributed by atoms with Crippen molar-refractivity contribution in [1.29, 1.82) is 0 Å². The lowest BCUT2D eigenvalue weighted by Gasteiger charge is -2.31. The molecule has 0 saturated carbocycles. The Kier molecular flexibility index (Phi) is 4.08. The SMILES string of the molecule is CC(C)c1c2c(cc(Cl)c1C1CCNCC1)OCCO2. The number of hydrogen-bond donors (Lipinski definition) is 1. The maximum atomic E-state index is 6.59. The van der Waals surface area contributed by atoms with E-state index >= 15 is 0 Å². The average molecular weight is 296 g/mol. The Bertz CT molecular complexity index is 496. The van der Waals surface area contributed by atoms with E-state index < -0.39 is 0 Å². The highest BCUT2D eigenvalue weighted by molar-refractivity contribution is 6.31. The Labute approximate surface area is 125 Å². The summed E-state index contributed by atoms with van der Waals surface area (Å²) >= 11 is 6.59. The molecular weight excluding hydrogens is 274 g/mol. The first-order chi connectivity index (χ1) is 9.68. The normalized spacial score (nSPS) is 19.4. The van der Waals surface area contributed by atoms with Gasteiger partial charge in [0.1, 0.15) is 13.2 Å². The van der Waals surface area contributed by atoms with Gasteiger partial charge in [0.05, 0.1) is 0 Å². The maximum Gasteiger partial charge on any atom is 0.165 e. The molecule has 0 amide bonds. The van der Waals surface area contributed by atoms with E-state index in [9.17, 15) is 0 Å². The van der Waals surface area contributed by atoms with Crippen LogP contribution < -0.4 is 14.8 Å². The number of halogens is 1. The third kappa shape index (κ3) is 2.49. The van der Waals surface area contributed by atoms with Gasteiger partial charge in [-0.2, -0.15) is 0 Å². The molecule has 0 radical (unpaired) electrons. The second-order valence-corrected chi connectivity index (χ2v) is 6.30. The number of piperidine rings is 1. The van der Waals surface area contributed by atoms with Gasteiger partial charge in [-0.25, -0.2) is 0 Å². The van der Waals surface area contributed by atoms with Gasteiger partial charge in [-0.3, -0.25) is 0 Å². The summed E-state index contributed by atoms with van der Waals surface area (Å²) in [5, 5.41) is 4.25. The van der Waals surface area contributed by atoms with E-state index in [1.807, 2.05) is 6.07 Å². The second kappa shape index (κ2) is 5.82. The van der Waals surface area contributed by atoms with Gasteiger partial charge in [0.25, 0.3) is 0 Å². The molecule has 0 aromatic heterocycles. The highest BCUT2D eigenvalue weighted by Gasteiger charge is 2.29. The molecule has 0 atom stereocenters. The number of rotatable bonds is 2. The largest absolute Gasteiger partial charge is 0.486 e. The Morgan fingerprint density at radius 1 is 1.20 bits per heavy atom. The Hall–Kier alpha value is -0.930. The molecule has 0 unspecified atom stereocenters. The molecule has 2 heterocycles. The van der Waals surface area contributed by atoms with Crippen LogP contribution in [0.1, 0.15) is 49.7 Å². The molecule has 3 nitrogen and oxygen atoms in total. The highest BCUT2D eigenvalue weighted by atomic mass is 35.5. The molecule has 1 fully saturated rings. The second-order valence-electron chi connectivity index (χ2n) is 5.89. The lowest BCUT2D eigenvalue weighted by atomic mass is 9.83. The van der Waals surface area contributed by atoms with E-state index in [0.29, 0.717) is 25.0 Å². The lowest BCUT2D eigenvalue weighted by molar-refractivity contribution is 0.169. The molecule has 3 rings (SSSR count). The Morgan fingerprint density at radius 2 is 1.90 bits per heavy atom. The summed E-state index contributed by atoms with van der Waals surface area (Å²) in [6, 6.07) is 1.94. The summed E-state index contributed by atoms with van der Waals surface area (Å²) in [5.74, 6) is 2.64. The van der Waals surface area contributed by atoms with E-state index in [2.05, 4.69) is 19.2 Å². The highest BCUT2D eigenvalue weighted by Crippen LogP contribution is 2.47. The summed E-state index contributed by atoms with van der Waals surface area (Å²) < 4.78 is 11.6. The first kappa shape index (κ1) is 14.0. The van der Waals surface area contributed by atoms with Gasteiger partial charge in [0.2, 0.25) is 0 Å². The van der Waals surface area contributed by atoms with Gasteiger partial charge in [0.15, 0.2) is 11.5 Å². The molecule has 0 bridgehead atoms. The van der Waals surface area contributed by atoms with Crippen LogP contribution in [0.15, 0.2) is 6.07 Å². The van der Waals surface area contributed by atoms with Crippen LogP contribution >= 0.6 is 11.6 Å². The molecule has 2 aliphatic heterocycles. The van der Waals surface area contributed by atoms with Crippen molar-refractivity contribution in [3.63, 3.8) is 0 Å². The number of nitrogens with one attached hydrogen (secondary N) is 1. The first-order valence-corrected chi connectivity index (χ1v) is 7.89. The number of hydrogen-bond acceptors (Lipinski definition) is 3. The van der Waals surface area contributed by atoms with E-state index in [1.54, 1.807) is 0 Å². The molecule has 1 aromatic rings. The van der Waals surface area contributed by atoms with Crippen molar-refractivity contribution in [2.75, 3.05) is 26.3 Å². The van der Waals surface area contributed by atoms with Crippen LogP contribution in [-0.4, -0.2) is 26.3 Å². The van der Waals surface area contributed by atoms with Crippen molar-refractivity contribution in [1.82, 2.24) is 5.32 Å². The monoisotopic (exact) mass is 295 g/mol. The third-order valence-corrected chi connectivity index (χ3v) is 4.50. The van der Waals surface area contributed by atoms with Gasteiger partial charge in [-0.1, -0.05) is 25.4 Å². The minimum Gasteiger partial charge on any atom is -0.486 e. The summed E-state index contributed by atoms with van der Waals surface area (Å²) in [7, 11) is 0. The van der Waals surface area contributed by atoms with Gasteiger partial charge < -0.3 is 14.8 Å². The predicted molar refractivity (Wildman–Crippen MR) is 81.4 cm³/mol. The summed E-state index contributed by atoms with van der Waals surface area (Å²) in [6.45, 7) is 7.76. The van der Waals surface area contributed by atoms with Crippen LogP contribution in [0, 0.1) is 0 Å². The van der Waals surface area contributed by atoms with Crippen LogP contribution in [0.2, 0.25) is 5.02 Å². The third-order valence-electron chi connectivity index (χ3n) is 4.19. The smallest absolute Gasteiger partial charge is 0.165 e. The summed E-state index contributed by atoms with van der Waals surface area (Å²) in [4.78, 5) is 0. The fraction of sp³-hybridized carbons (Fsp3) is 0.625. The Morgan fingerprint density at radius 3 is 2.60 bits per heavy atom. The molecule has 0 aliphatic carbocycles. The quantitative estimate of drug-likeness (QED) is 0.902. The molecule has 1 aromatic carbocycles. The molecular formula is C16H22ClNO2. The maximum absolute atomic E-state index is 6.59. The van der Waals surface area contributed by atoms with E-state index in [4.69, 9.17) is 21.1 Å². The van der Waals surface area contributed by atoms with Crippen molar-refractivity contribution in [2.45, 2.75) is 38.5 Å². The number of benzene rings is 1. The van der Waals surface area contributed by atoms with Crippen molar-refractivity contribution in [3.05, 3.63) is 22.2 Å².